The first kappa shape index (κ1) is 24.5. The third-order valence-corrected chi connectivity index (χ3v) is 6.52. The molecule has 2 atom stereocenters. The van der Waals surface area contributed by atoms with Crippen LogP contribution in [0.3, 0.4) is 0 Å². The fourth-order valence-electron chi connectivity index (χ4n) is 4.74. The lowest BCUT2D eigenvalue weighted by Gasteiger charge is -2.39. The number of hydrogen-bond acceptors (Lipinski definition) is 6. The molecule has 1 N–H and O–H groups in total. The molecule has 0 fully saturated rings. The Morgan fingerprint density at radius 3 is 2.54 bits per heavy atom. The van der Waals surface area contributed by atoms with Crippen molar-refractivity contribution in [1.29, 1.82) is 0 Å². The van der Waals surface area contributed by atoms with Gasteiger partial charge in [0.25, 0.3) is 5.91 Å². The molecule has 5 rings (SSSR count). The number of aliphatic hydroxyl groups excluding tert-OH is 1. The fourth-order valence-corrected chi connectivity index (χ4v) is 4.74. The van der Waals surface area contributed by atoms with Crippen molar-refractivity contribution in [1.82, 2.24) is 0 Å². The van der Waals surface area contributed by atoms with Crippen LogP contribution >= 0.6 is 0 Å². The van der Waals surface area contributed by atoms with Crippen LogP contribution in [0, 0.1) is 0 Å². The Morgan fingerprint density at radius 1 is 1.08 bits per heavy atom. The van der Waals surface area contributed by atoms with Crippen LogP contribution < -0.4 is 9.64 Å². The number of carbonyl (C=O) groups is 2. The van der Waals surface area contributed by atoms with Crippen molar-refractivity contribution < 1.29 is 24.2 Å². The number of carbonyl (C=O) groups excluding carboxylic acids is 2. The van der Waals surface area contributed by atoms with Gasteiger partial charge in [0.15, 0.2) is 11.6 Å². The zero-order valence-electron chi connectivity index (χ0n) is 20.5. The number of benzene rings is 3. The molecule has 2 amide bonds. The number of rotatable bonds is 8. The number of imide groups is 1. The van der Waals surface area contributed by atoms with Crippen LogP contribution in [0.15, 0.2) is 89.9 Å². The number of anilines is 1. The maximum absolute atomic E-state index is 14.0. The van der Waals surface area contributed by atoms with Gasteiger partial charge in [-0.2, -0.15) is 0 Å². The van der Waals surface area contributed by atoms with E-state index in [-0.39, 0.29) is 18.9 Å². The lowest BCUT2D eigenvalue weighted by molar-refractivity contribution is -0.131. The standard InChI is InChI=1S/C30H28N2O5/c1-21(34)32-26-13-6-5-12-25(26)27-30(29(32)35,18-7-11-22-9-3-2-4-10-22)31-28(37-27)23-14-16-24(17-15-23)36-20-8-19-33/h2-7,9-17,27,33H,8,18-20H2,1H3/b11-7+/t27-,30-/m1/s1. The van der Waals surface area contributed by atoms with Crippen LogP contribution in [0.4, 0.5) is 5.69 Å². The van der Waals surface area contributed by atoms with Gasteiger partial charge in [-0.05, 0) is 35.9 Å². The minimum Gasteiger partial charge on any atom is -0.494 e. The van der Waals surface area contributed by atoms with Gasteiger partial charge < -0.3 is 14.6 Å². The first-order valence-electron chi connectivity index (χ1n) is 12.3. The van der Waals surface area contributed by atoms with Crippen molar-refractivity contribution in [3.05, 3.63) is 102 Å². The summed E-state index contributed by atoms with van der Waals surface area (Å²) in [5, 5.41) is 8.96. The van der Waals surface area contributed by atoms with Crippen LogP contribution in [-0.4, -0.2) is 41.6 Å². The summed E-state index contributed by atoms with van der Waals surface area (Å²) < 4.78 is 12.0. The van der Waals surface area contributed by atoms with E-state index in [0.717, 1.165) is 11.1 Å². The number of fused-ring (bicyclic) bond motifs is 3. The predicted octanol–water partition coefficient (Wildman–Crippen LogP) is 4.70. The number of aliphatic hydroxyl groups is 1. The summed E-state index contributed by atoms with van der Waals surface area (Å²) in [6.07, 6.45) is 3.99. The second kappa shape index (κ2) is 10.4. The van der Waals surface area contributed by atoms with Gasteiger partial charge in [0, 0.05) is 37.5 Å². The SMILES string of the molecule is CC(=O)N1C(=O)[C@]2(C/C=C/c3ccccc3)N=C(c3ccc(OCCCO)cc3)O[C@@H]2c2ccccc21. The van der Waals surface area contributed by atoms with Gasteiger partial charge in [0.05, 0.1) is 12.3 Å². The summed E-state index contributed by atoms with van der Waals surface area (Å²) in [6, 6.07) is 24.4. The lowest BCUT2D eigenvalue weighted by atomic mass is 9.79. The van der Waals surface area contributed by atoms with E-state index in [2.05, 4.69) is 0 Å². The molecule has 0 aliphatic carbocycles. The van der Waals surface area contributed by atoms with E-state index in [4.69, 9.17) is 19.6 Å². The Labute approximate surface area is 215 Å². The van der Waals surface area contributed by atoms with Gasteiger partial charge in [-0.15, -0.1) is 0 Å². The average Bonchev–Trinajstić information content (AvgIpc) is 3.31. The molecule has 0 unspecified atom stereocenters. The molecule has 0 bridgehead atoms. The summed E-state index contributed by atoms with van der Waals surface area (Å²) in [5.41, 5.74) is 1.65. The zero-order chi connectivity index (χ0) is 25.8. The van der Waals surface area contributed by atoms with E-state index < -0.39 is 17.6 Å². The van der Waals surface area contributed by atoms with Gasteiger partial charge in [-0.25, -0.2) is 9.89 Å². The Bertz CT molecular complexity index is 1350. The lowest BCUT2D eigenvalue weighted by Crippen LogP contribution is -2.55. The number of ether oxygens (including phenoxy) is 2. The van der Waals surface area contributed by atoms with Crippen LogP contribution in [0.5, 0.6) is 5.75 Å². The van der Waals surface area contributed by atoms with Crippen LogP contribution in [0.25, 0.3) is 6.08 Å². The Kier molecular flexibility index (Phi) is 6.88. The van der Waals surface area contributed by atoms with E-state index in [1.54, 1.807) is 24.3 Å². The van der Waals surface area contributed by atoms with Gasteiger partial charge in [-0.1, -0.05) is 60.7 Å². The minimum absolute atomic E-state index is 0.0672. The summed E-state index contributed by atoms with van der Waals surface area (Å²) >= 11 is 0. The normalized spacial score (nSPS) is 20.3. The number of aliphatic imine (C=N–C) groups is 1. The molecule has 7 heteroatoms. The number of nitrogens with zero attached hydrogens (tertiary/aromatic N) is 2. The second-order valence-corrected chi connectivity index (χ2v) is 9.02. The second-order valence-electron chi connectivity index (χ2n) is 9.02. The van der Waals surface area contributed by atoms with Crippen molar-refractivity contribution in [3.8, 4) is 5.75 Å². The highest BCUT2D eigenvalue weighted by Gasteiger charge is 2.58. The van der Waals surface area contributed by atoms with E-state index in [1.807, 2.05) is 66.7 Å². The number of amides is 2. The number of hydrogen-bond donors (Lipinski definition) is 1. The van der Waals surface area contributed by atoms with Crippen molar-refractivity contribution in [2.45, 2.75) is 31.4 Å². The largest absolute Gasteiger partial charge is 0.494 e. The summed E-state index contributed by atoms with van der Waals surface area (Å²) in [5.74, 6) is 0.238. The molecule has 2 aliphatic heterocycles. The predicted molar refractivity (Wildman–Crippen MR) is 141 cm³/mol. The van der Waals surface area contributed by atoms with Gasteiger partial charge in [-0.3, -0.25) is 9.59 Å². The topological polar surface area (TPSA) is 88.4 Å². The number of para-hydroxylation sites is 1. The average molecular weight is 497 g/mol. The third kappa shape index (κ3) is 4.66. The summed E-state index contributed by atoms with van der Waals surface area (Å²) in [4.78, 5) is 32.8. The molecule has 37 heavy (non-hydrogen) atoms. The van der Waals surface area contributed by atoms with Gasteiger partial charge >= 0.3 is 0 Å². The molecule has 2 aliphatic rings. The molecule has 0 saturated heterocycles. The van der Waals surface area contributed by atoms with E-state index in [0.29, 0.717) is 35.9 Å². The van der Waals surface area contributed by atoms with Crippen molar-refractivity contribution in [2.24, 2.45) is 4.99 Å². The Hall–Kier alpha value is -4.23. The van der Waals surface area contributed by atoms with Gasteiger partial charge in [0.1, 0.15) is 5.75 Å². The molecule has 3 aromatic rings. The van der Waals surface area contributed by atoms with Crippen LogP contribution in [0.1, 0.15) is 42.6 Å². The maximum Gasteiger partial charge on any atom is 0.266 e. The third-order valence-electron chi connectivity index (χ3n) is 6.52. The zero-order valence-corrected chi connectivity index (χ0v) is 20.5. The van der Waals surface area contributed by atoms with E-state index >= 15 is 0 Å². The highest BCUT2D eigenvalue weighted by molar-refractivity contribution is 6.21. The molecule has 0 radical (unpaired) electrons. The molecule has 0 aromatic heterocycles. The molecule has 3 aromatic carbocycles. The minimum atomic E-state index is -1.32. The Morgan fingerprint density at radius 2 is 1.81 bits per heavy atom. The van der Waals surface area contributed by atoms with Crippen molar-refractivity contribution in [3.63, 3.8) is 0 Å². The molecular formula is C30H28N2O5. The van der Waals surface area contributed by atoms with Crippen LogP contribution in [-0.2, 0) is 14.3 Å². The molecule has 0 spiro atoms. The quantitative estimate of drug-likeness (QED) is 0.457. The monoisotopic (exact) mass is 496 g/mol. The first-order valence-corrected chi connectivity index (χ1v) is 12.3. The van der Waals surface area contributed by atoms with Crippen LogP contribution in [0.2, 0.25) is 0 Å². The summed E-state index contributed by atoms with van der Waals surface area (Å²) in [7, 11) is 0. The molecule has 0 saturated carbocycles. The Balaban J connectivity index is 1.54. The molecule has 7 nitrogen and oxygen atoms in total. The van der Waals surface area contributed by atoms with Crippen molar-refractivity contribution >= 4 is 29.5 Å². The first-order chi connectivity index (χ1) is 18.0. The highest BCUT2D eigenvalue weighted by atomic mass is 16.5. The molecule has 188 valence electrons. The van der Waals surface area contributed by atoms with E-state index in [1.165, 1.54) is 11.8 Å². The molecule has 2 heterocycles. The maximum atomic E-state index is 14.0. The molecular weight excluding hydrogens is 468 g/mol. The smallest absolute Gasteiger partial charge is 0.266 e. The highest BCUT2D eigenvalue weighted by Crippen LogP contribution is 2.50. The van der Waals surface area contributed by atoms with Crippen molar-refractivity contribution in [2.75, 3.05) is 18.1 Å². The summed E-state index contributed by atoms with van der Waals surface area (Å²) in [6.45, 7) is 1.87. The van der Waals surface area contributed by atoms with E-state index in [9.17, 15) is 9.59 Å². The fraction of sp³-hybridized carbons (Fsp3) is 0.233. The van der Waals surface area contributed by atoms with Gasteiger partial charge in [0.2, 0.25) is 11.8 Å².